The van der Waals surface area contributed by atoms with Crippen LogP contribution in [0.25, 0.3) is 0 Å². The summed E-state index contributed by atoms with van der Waals surface area (Å²) in [5, 5.41) is 4.32. The second-order valence-electron chi connectivity index (χ2n) is 7.89. The lowest BCUT2D eigenvalue weighted by Crippen LogP contribution is -2.55. The van der Waals surface area contributed by atoms with Crippen LogP contribution in [0, 0.1) is 0 Å². The molecule has 1 atom stereocenters. The third-order valence-corrected chi connectivity index (χ3v) is 5.73. The van der Waals surface area contributed by atoms with Crippen LogP contribution >= 0.6 is 0 Å². The van der Waals surface area contributed by atoms with Crippen LogP contribution in [0.1, 0.15) is 15.9 Å². The molecule has 3 aromatic rings. The minimum absolute atomic E-state index is 0.0670. The van der Waals surface area contributed by atoms with Crippen molar-refractivity contribution < 1.29 is 19.1 Å². The van der Waals surface area contributed by atoms with Crippen molar-refractivity contribution in [2.45, 2.75) is 12.6 Å². The van der Waals surface area contributed by atoms with E-state index in [9.17, 15) is 9.59 Å². The molecule has 0 bridgehead atoms. The Balaban J connectivity index is 1.15. The average molecular weight is 432 g/mol. The fourth-order valence-electron chi connectivity index (χ4n) is 3.99. The van der Waals surface area contributed by atoms with Crippen molar-refractivity contribution in [2.75, 3.05) is 32.8 Å². The Kier molecular flexibility index (Phi) is 5.49. The molecule has 0 radical (unpaired) electrons. The number of rotatable bonds is 4. The van der Waals surface area contributed by atoms with Crippen molar-refractivity contribution in [3.8, 4) is 11.5 Å². The van der Waals surface area contributed by atoms with Crippen molar-refractivity contribution in [3.63, 3.8) is 0 Å². The van der Waals surface area contributed by atoms with Crippen LogP contribution in [0.15, 0.2) is 67.0 Å². The smallest absolute Gasteiger partial charge is 0.267 e. The molecule has 1 aromatic heterocycles. The number of amides is 2. The van der Waals surface area contributed by atoms with E-state index in [1.54, 1.807) is 32.9 Å². The Labute approximate surface area is 185 Å². The van der Waals surface area contributed by atoms with Crippen LogP contribution < -0.4 is 9.47 Å². The van der Waals surface area contributed by atoms with Gasteiger partial charge in [0.1, 0.15) is 6.61 Å². The van der Waals surface area contributed by atoms with E-state index in [1.165, 1.54) is 0 Å². The molecule has 0 aliphatic carbocycles. The van der Waals surface area contributed by atoms with Gasteiger partial charge in [0.25, 0.3) is 11.8 Å². The van der Waals surface area contributed by atoms with Crippen molar-refractivity contribution in [1.29, 1.82) is 0 Å². The molecule has 8 nitrogen and oxygen atoms in total. The van der Waals surface area contributed by atoms with E-state index in [-0.39, 0.29) is 18.4 Å². The second kappa shape index (κ2) is 8.74. The van der Waals surface area contributed by atoms with Crippen LogP contribution in [0.5, 0.6) is 11.5 Å². The fraction of sp³-hybridized carbons (Fsp3) is 0.292. The van der Waals surface area contributed by atoms with E-state index < -0.39 is 6.10 Å². The Hall–Kier alpha value is -3.81. The highest BCUT2D eigenvalue weighted by atomic mass is 16.6. The van der Waals surface area contributed by atoms with Gasteiger partial charge in [0.15, 0.2) is 11.5 Å². The van der Waals surface area contributed by atoms with Crippen LogP contribution in [0.4, 0.5) is 0 Å². The quantitative estimate of drug-likeness (QED) is 0.631. The molecule has 0 unspecified atom stereocenters. The molecule has 3 heterocycles. The molecule has 2 aliphatic rings. The van der Waals surface area contributed by atoms with Crippen molar-refractivity contribution >= 4 is 11.8 Å². The third kappa shape index (κ3) is 4.16. The first-order chi connectivity index (χ1) is 15.7. The minimum Gasteiger partial charge on any atom is -0.485 e. The summed E-state index contributed by atoms with van der Waals surface area (Å²) < 4.78 is 13.3. The average Bonchev–Trinajstić information content (AvgIpc) is 3.32. The van der Waals surface area contributed by atoms with Gasteiger partial charge in [0.05, 0.1) is 18.3 Å². The van der Waals surface area contributed by atoms with Gasteiger partial charge in [-0.25, -0.2) is 0 Å². The first-order valence-electron chi connectivity index (χ1n) is 10.7. The van der Waals surface area contributed by atoms with Gasteiger partial charge in [0, 0.05) is 32.4 Å². The summed E-state index contributed by atoms with van der Waals surface area (Å²) in [4.78, 5) is 29.3. The molecule has 2 aliphatic heterocycles. The zero-order valence-corrected chi connectivity index (χ0v) is 17.6. The SMILES string of the molecule is O=C(c1cnn(Cc2ccccc2)c1)N1CCN(C(=O)[C@@H]2COc3ccccc3O2)CC1. The highest BCUT2D eigenvalue weighted by molar-refractivity contribution is 5.94. The Morgan fingerprint density at radius 1 is 0.906 bits per heavy atom. The van der Waals surface area contributed by atoms with E-state index >= 15 is 0 Å². The maximum absolute atomic E-state index is 12.9. The molecule has 0 saturated carbocycles. The number of hydrogen-bond acceptors (Lipinski definition) is 5. The second-order valence-corrected chi connectivity index (χ2v) is 7.89. The summed E-state index contributed by atoms with van der Waals surface area (Å²) in [5.41, 5.74) is 1.68. The summed E-state index contributed by atoms with van der Waals surface area (Å²) >= 11 is 0. The van der Waals surface area contributed by atoms with Crippen molar-refractivity contribution in [2.24, 2.45) is 0 Å². The third-order valence-electron chi connectivity index (χ3n) is 5.73. The first-order valence-corrected chi connectivity index (χ1v) is 10.7. The van der Waals surface area contributed by atoms with E-state index in [0.717, 1.165) is 5.56 Å². The highest BCUT2D eigenvalue weighted by Gasteiger charge is 2.33. The summed E-state index contributed by atoms with van der Waals surface area (Å²) in [6, 6.07) is 17.3. The standard InChI is InChI=1S/C24H24N4O4/c29-23(19-14-25-28(16-19)15-18-6-2-1-3-7-18)26-10-12-27(13-11-26)24(30)22-17-31-20-8-4-5-9-21(20)32-22/h1-9,14,16,22H,10-13,15,17H2/t22-/m0/s1. The van der Waals surface area contributed by atoms with Crippen LogP contribution in [0.2, 0.25) is 0 Å². The Morgan fingerprint density at radius 2 is 1.59 bits per heavy atom. The number of carbonyl (C=O) groups is 2. The summed E-state index contributed by atoms with van der Waals surface area (Å²) in [6.07, 6.45) is 2.72. The van der Waals surface area contributed by atoms with Crippen molar-refractivity contribution in [3.05, 3.63) is 78.1 Å². The molecule has 8 heteroatoms. The maximum atomic E-state index is 12.9. The first kappa shape index (κ1) is 20.1. The largest absolute Gasteiger partial charge is 0.485 e. The van der Waals surface area contributed by atoms with Gasteiger partial charge in [-0.15, -0.1) is 0 Å². The number of piperazine rings is 1. The van der Waals surface area contributed by atoms with Crippen LogP contribution in [-0.4, -0.2) is 70.3 Å². The molecular formula is C24H24N4O4. The monoisotopic (exact) mass is 432 g/mol. The summed E-state index contributed by atoms with van der Waals surface area (Å²) in [5.74, 6) is 1.06. The van der Waals surface area contributed by atoms with Crippen LogP contribution in [-0.2, 0) is 11.3 Å². The predicted molar refractivity (Wildman–Crippen MR) is 117 cm³/mol. The normalized spacial score (nSPS) is 17.8. The number of nitrogens with zero attached hydrogens (tertiary/aromatic N) is 4. The fourth-order valence-corrected chi connectivity index (χ4v) is 3.99. The highest BCUT2D eigenvalue weighted by Crippen LogP contribution is 2.31. The number of benzene rings is 2. The molecule has 1 fully saturated rings. The molecule has 0 spiro atoms. The number of hydrogen-bond donors (Lipinski definition) is 0. The van der Waals surface area contributed by atoms with Gasteiger partial charge in [-0.2, -0.15) is 5.10 Å². The summed E-state index contributed by atoms with van der Waals surface area (Å²) in [7, 11) is 0. The van der Waals surface area contributed by atoms with Gasteiger partial charge in [-0.3, -0.25) is 14.3 Å². The molecule has 2 amide bonds. The van der Waals surface area contributed by atoms with Gasteiger partial charge in [0.2, 0.25) is 6.10 Å². The zero-order valence-electron chi connectivity index (χ0n) is 17.6. The number of para-hydroxylation sites is 2. The molecule has 2 aromatic carbocycles. The lowest BCUT2D eigenvalue weighted by molar-refractivity contribution is -0.142. The zero-order chi connectivity index (χ0) is 21.9. The Bertz CT molecular complexity index is 1110. The molecule has 164 valence electrons. The predicted octanol–water partition coefficient (Wildman–Crippen LogP) is 2.06. The lowest BCUT2D eigenvalue weighted by atomic mass is 10.2. The van der Waals surface area contributed by atoms with E-state index in [4.69, 9.17) is 9.47 Å². The van der Waals surface area contributed by atoms with E-state index in [2.05, 4.69) is 5.10 Å². The topological polar surface area (TPSA) is 76.9 Å². The molecule has 32 heavy (non-hydrogen) atoms. The van der Waals surface area contributed by atoms with Crippen molar-refractivity contribution in [1.82, 2.24) is 19.6 Å². The summed E-state index contributed by atoms with van der Waals surface area (Å²) in [6.45, 7) is 2.67. The number of fused-ring (bicyclic) bond motifs is 1. The van der Waals surface area contributed by atoms with Crippen LogP contribution in [0.3, 0.4) is 0 Å². The van der Waals surface area contributed by atoms with E-state index in [1.807, 2.05) is 48.5 Å². The van der Waals surface area contributed by atoms with Gasteiger partial charge in [-0.05, 0) is 17.7 Å². The van der Waals surface area contributed by atoms with Gasteiger partial charge < -0.3 is 19.3 Å². The van der Waals surface area contributed by atoms with Gasteiger partial charge >= 0.3 is 0 Å². The molecule has 1 saturated heterocycles. The minimum atomic E-state index is -0.664. The molecular weight excluding hydrogens is 408 g/mol. The molecule has 0 N–H and O–H groups in total. The molecule has 5 rings (SSSR count). The number of ether oxygens (including phenoxy) is 2. The number of aromatic nitrogens is 2. The Morgan fingerprint density at radius 3 is 2.38 bits per heavy atom. The lowest BCUT2D eigenvalue weighted by Gasteiger charge is -2.37. The maximum Gasteiger partial charge on any atom is 0.267 e. The number of carbonyl (C=O) groups excluding carboxylic acids is 2. The van der Waals surface area contributed by atoms with Gasteiger partial charge in [-0.1, -0.05) is 42.5 Å². The van der Waals surface area contributed by atoms with E-state index in [0.29, 0.717) is 49.8 Å².